The number of hydrogen-bond acceptors (Lipinski definition) is 5. The van der Waals surface area contributed by atoms with Crippen molar-refractivity contribution in [1.29, 1.82) is 0 Å². The number of aromatic nitrogens is 2. The van der Waals surface area contributed by atoms with E-state index in [-0.39, 0.29) is 12.0 Å². The number of aromatic amines is 1. The standard InChI is InChI=1S/C19H21N3O3/c1-4-25-18(23)14-7-10-16-17(11-14)22-19(21-16)20-12(2)13-5-8-15(24-3)9-6-13/h5-12H,4H2,1-3H3,(H2,20,21,22). The van der Waals surface area contributed by atoms with Gasteiger partial charge in [0.05, 0.1) is 36.4 Å². The first kappa shape index (κ1) is 16.8. The van der Waals surface area contributed by atoms with Crippen molar-refractivity contribution >= 4 is 23.0 Å². The van der Waals surface area contributed by atoms with Gasteiger partial charge in [0.25, 0.3) is 0 Å². The molecule has 0 aliphatic rings. The number of anilines is 1. The minimum atomic E-state index is -0.333. The molecule has 1 unspecified atom stereocenters. The van der Waals surface area contributed by atoms with Gasteiger partial charge in [-0.25, -0.2) is 9.78 Å². The molecule has 2 N–H and O–H groups in total. The van der Waals surface area contributed by atoms with Crippen LogP contribution in [0.25, 0.3) is 11.0 Å². The number of fused-ring (bicyclic) bond motifs is 1. The Morgan fingerprint density at radius 1 is 1.24 bits per heavy atom. The molecule has 1 atom stereocenters. The summed E-state index contributed by atoms with van der Waals surface area (Å²) in [6.45, 7) is 4.19. The van der Waals surface area contributed by atoms with Crippen LogP contribution in [-0.4, -0.2) is 29.7 Å². The van der Waals surface area contributed by atoms with E-state index in [4.69, 9.17) is 9.47 Å². The molecule has 0 spiro atoms. The number of benzene rings is 2. The van der Waals surface area contributed by atoms with Crippen molar-refractivity contribution in [2.24, 2.45) is 0 Å². The minimum Gasteiger partial charge on any atom is -0.497 e. The summed E-state index contributed by atoms with van der Waals surface area (Å²) >= 11 is 0. The fraction of sp³-hybridized carbons (Fsp3) is 0.263. The molecule has 1 heterocycles. The van der Waals surface area contributed by atoms with E-state index in [1.54, 1.807) is 32.2 Å². The van der Waals surface area contributed by atoms with Crippen LogP contribution >= 0.6 is 0 Å². The van der Waals surface area contributed by atoms with Gasteiger partial charge < -0.3 is 19.8 Å². The van der Waals surface area contributed by atoms with Crippen molar-refractivity contribution in [2.75, 3.05) is 19.0 Å². The highest BCUT2D eigenvalue weighted by atomic mass is 16.5. The monoisotopic (exact) mass is 339 g/mol. The summed E-state index contributed by atoms with van der Waals surface area (Å²) in [6, 6.07) is 13.2. The van der Waals surface area contributed by atoms with E-state index >= 15 is 0 Å². The summed E-state index contributed by atoms with van der Waals surface area (Å²) in [5.74, 6) is 1.14. The van der Waals surface area contributed by atoms with Crippen LogP contribution in [0.2, 0.25) is 0 Å². The lowest BCUT2D eigenvalue weighted by molar-refractivity contribution is 0.0526. The molecule has 0 aliphatic carbocycles. The Bertz CT molecular complexity index is 871. The number of carbonyl (C=O) groups is 1. The van der Waals surface area contributed by atoms with E-state index in [0.29, 0.717) is 18.1 Å². The lowest BCUT2D eigenvalue weighted by atomic mass is 10.1. The third kappa shape index (κ3) is 3.74. The van der Waals surface area contributed by atoms with Gasteiger partial charge in [-0.3, -0.25) is 0 Å². The predicted octanol–water partition coefficient (Wildman–Crippen LogP) is 3.92. The van der Waals surface area contributed by atoms with Crippen molar-refractivity contribution in [3.63, 3.8) is 0 Å². The topological polar surface area (TPSA) is 76.2 Å². The quantitative estimate of drug-likeness (QED) is 0.666. The summed E-state index contributed by atoms with van der Waals surface area (Å²) in [7, 11) is 1.65. The number of hydrogen-bond donors (Lipinski definition) is 2. The van der Waals surface area contributed by atoms with Crippen LogP contribution in [0, 0.1) is 0 Å². The Morgan fingerprint density at radius 3 is 2.68 bits per heavy atom. The van der Waals surface area contributed by atoms with Crippen LogP contribution in [0.5, 0.6) is 5.75 Å². The second-order valence-electron chi connectivity index (χ2n) is 5.68. The molecule has 0 radical (unpaired) electrons. The molecule has 2 aromatic carbocycles. The molecule has 1 aromatic heterocycles. The molecular weight excluding hydrogens is 318 g/mol. The van der Waals surface area contributed by atoms with Crippen molar-refractivity contribution in [3.8, 4) is 5.75 Å². The van der Waals surface area contributed by atoms with Gasteiger partial charge in [0, 0.05) is 0 Å². The van der Waals surface area contributed by atoms with Gasteiger partial charge in [-0.1, -0.05) is 12.1 Å². The smallest absolute Gasteiger partial charge is 0.338 e. The van der Waals surface area contributed by atoms with E-state index < -0.39 is 0 Å². The van der Waals surface area contributed by atoms with Crippen molar-refractivity contribution < 1.29 is 14.3 Å². The largest absolute Gasteiger partial charge is 0.497 e. The number of esters is 1. The first-order chi connectivity index (χ1) is 12.1. The average molecular weight is 339 g/mol. The van der Waals surface area contributed by atoms with Crippen molar-refractivity contribution in [2.45, 2.75) is 19.9 Å². The molecule has 3 rings (SSSR count). The fourth-order valence-electron chi connectivity index (χ4n) is 2.60. The van der Waals surface area contributed by atoms with Gasteiger partial charge in [-0.05, 0) is 49.7 Å². The first-order valence-corrected chi connectivity index (χ1v) is 8.18. The summed E-state index contributed by atoms with van der Waals surface area (Å²) in [5, 5.41) is 3.34. The molecule has 0 saturated heterocycles. The van der Waals surface area contributed by atoms with Gasteiger partial charge in [0.1, 0.15) is 5.75 Å². The Balaban J connectivity index is 1.77. The van der Waals surface area contributed by atoms with Gasteiger partial charge in [0.15, 0.2) is 0 Å². The molecule has 6 nitrogen and oxygen atoms in total. The van der Waals surface area contributed by atoms with Crippen LogP contribution in [-0.2, 0) is 4.74 Å². The number of imidazole rings is 1. The Kier molecular flexibility index (Phi) is 4.88. The summed E-state index contributed by atoms with van der Waals surface area (Å²) < 4.78 is 10.2. The lowest BCUT2D eigenvalue weighted by Crippen LogP contribution is -2.07. The van der Waals surface area contributed by atoms with Crippen LogP contribution in [0.15, 0.2) is 42.5 Å². The van der Waals surface area contributed by atoms with Crippen LogP contribution in [0.1, 0.15) is 35.8 Å². The Hall–Kier alpha value is -3.02. The Morgan fingerprint density at radius 2 is 2.00 bits per heavy atom. The molecule has 6 heteroatoms. The van der Waals surface area contributed by atoms with Gasteiger partial charge in [-0.2, -0.15) is 0 Å². The van der Waals surface area contributed by atoms with Crippen LogP contribution in [0.3, 0.4) is 0 Å². The summed E-state index contributed by atoms with van der Waals surface area (Å²) in [5.41, 5.74) is 3.20. The van der Waals surface area contributed by atoms with E-state index in [1.807, 2.05) is 24.3 Å². The first-order valence-electron chi connectivity index (χ1n) is 8.18. The number of H-pyrrole nitrogens is 1. The fourth-order valence-corrected chi connectivity index (χ4v) is 2.60. The number of rotatable bonds is 6. The van der Waals surface area contributed by atoms with E-state index in [0.717, 1.165) is 22.3 Å². The number of carbonyl (C=O) groups excluding carboxylic acids is 1. The number of nitrogens with zero attached hydrogens (tertiary/aromatic N) is 1. The SMILES string of the molecule is CCOC(=O)c1ccc2nc(NC(C)c3ccc(OC)cc3)[nH]c2c1. The highest BCUT2D eigenvalue weighted by molar-refractivity contribution is 5.94. The third-order valence-electron chi connectivity index (χ3n) is 3.96. The molecule has 0 fully saturated rings. The molecule has 0 aliphatic heterocycles. The predicted molar refractivity (Wildman–Crippen MR) is 97.1 cm³/mol. The zero-order valence-electron chi connectivity index (χ0n) is 14.5. The summed E-state index contributed by atoms with van der Waals surface area (Å²) in [6.07, 6.45) is 0. The highest BCUT2D eigenvalue weighted by Crippen LogP contribution is 2.22. The molecular formula is C19H21N3O3. The minimum absolute atomic E-state index is 0.0657. The number of nitrogens with one attached hydrogen (secondary N) is 2. The lowest BCUT2D eigenvalue weighted by Gasteiger charge is -2.13. The second-order valence-corrected chi connectivity index (χ2v) is 5.68. The molecule has 25 heavy (non-hydrogen) atoms. The van der Waals surface area contributed by atoms with E-state index in [1.165, 1.54) is 0 Å². The summed E-state index contributed by atoms with van der Waals surface area (Å²) in [4.78, 5) is 19.5. The van der Waals surface area contributed by atoms with Crippen molar-refractivity contribution in [1.82, 2.24) is 9.97 Å². The maximum absolute atomic E-state index is 11.8. The van der Waals surface area contributed by atoms with Crippen molar-refractivity contribution in [3.05, 3.63) is 53.6 Å². The third-order valence-corrected chi connectivity index (χ3v) is 3.96. The van der Waals surface area contributed by atoms with Gasteiger partial charge in [0.2, 0.25) is 5.95 Å². The Labute approximate surface area is 146 Å². The van der Waals surface area contributed by atoms with Gasteiger partial charge >= 0.3 is 5.97 Å². The number of ether oxygens (including phenoxy) is 2. The van der Waals surface area contributed by atoms with Crippen LogP contribution in [0.4, 0.5) is 5.95 Å². The highest BCUT2D eigenvalue weighted by Gasteiger charge is 2.12. The zero-order chi connectivity index (χ0) is 17.8. The molecule has 130 valence electrons. The second kappa shape index (κ2) is 7.25. The molecule has 0 amide bonds. The maximum atomic E-state index is 11.8. The average Bonchev–Trinajstić information content (AvgIpc) is 3.03. The molecule has 0 saturated carbocycles. The maximum Gasteiger partial charge on any atom is 0.338 e. The zero-order valence-corrected chi connectivity index (χ0v) is 14.5. The normalized spacial score (nSPS) is 12.0. The van der Waals surface area contributed by atoms with Crippen LogP contribution < -0.4 is 10.1 Å². The molecule has 0 bridgehead atoms. The van der Waals surface area contributed by atoms with E-state index in [9.17, 15) is 4.79 Å². The van der Waals surface area contributed by atoms with Gasteiger partial charge in [-0.15, -0.1) is 0 Å². The number of methoxy groups -OCH3 is 1. The molecule has 3 aromatic rings. The van der Waals surface area contributed by atoms with E-state index in [2.05, 4.69) is 22.2 Å².